The predicted molar refractivity (Wildman–Crippen MR) is 133 cm³/mol. The molecule has 1 unspecified atom stereocenters. The number of aromatic nitrogens is 3. The second kappa shape index (κ2) is 13.5. The number of aryl methyl sites for hydroxylation is 1. The number of likely N-dealkylation sites (tertiary alicyclic amines) is 1. The van der Waals surface area contributed by atoms with E-state index in [1.54, 1.807) is 0 Å². The SMILES string of the molecule is CN1CCCC1Cc1c[nH]c2ccc(-c3ccc4nn(C)cc4c3)cc12.O=CO.O=CO.O=CO. The largest absolute Gasteiger partial charge is 0.483 e. The average Bonchev–Trinajstić information content (AvgIpc) is 3.53. The third kappa shape index (κ3) is 7.15. The molecule has 0 saturated carbocycles. The van der Waals surface area contributed by atoms with Gasteiger partial charge in [-0.3, -0.25) is 19.1 Å². The van der Waals surface area contributed by atoms with Gasteiger partial charge < -0.3 is 25.2 Å². The molecule has 186 valence electrons. The van der Waals surface area contributed by atoms with Gasteiger partial charge in [0.15, 0.2) is 0 Å². The maximum Gasteiger partial charge on any atom is 0.290 e. The van der Waals surface area contributed by atoms with Crippen LogP contribution in [0.15, 0.2) is 48.8 Å². The second-order valence-corrected chi connectivity index (χ2v) is 7.95. The summed E-state index contributed by atoms with van der Waals surface area (Å²) in [6.07, 6.45) is 8.03. The molecule has 0 bridgehead atoms. The fraction of sp³-hybridized carbons (Fsp3) is 0.280. The van der Waals surface area contributed by atoms with E-state index in [1.165, 1.54) is 52.4 Å². The lowest BCUT2D eigenvalue weighted by Gasteiger charge is -2.18. The topological polar surface area (TPSA) is 149 Å². The molecule has 0 aliphatic carbocycles. The third-order valence-corrected chi connectivity index (χ3v) is 5.85. The van der Waals surface area contributed by atoms with Crippen LogP contribution in [0.25, 0.3) is 32.9 Å². The van der Waals surface area contributed by atoms with Crippen LogP contribution >= 0.6 is 0 Å². The predicted octanol–water partition coefficient (Wildman–Crippen LogP) is 3.46. The minimum atomic E-state index is -0.250. The maximum atomic E-state index is 8.36. The Labute approximate surface area is 202 Å². The van der Waals surface area contributed by atoms with Crippen LogP contribution in [-0.4, -0.2) is 74.0 Å². The van der Waals surface area contributed by atoms with Crippen molar-refractivity contribution >= 4 is 41.2 Å². The zero-order chi connectivity index (χ0) is 25.8. The Morgan fingerprint density at radius 3 is 2.26 bits per heavy atom. The molecule has 10 heteroatoms. The van der Waals surface area contributed by atoms with E-state index in [1.807, 2.05) is 11.7 Å². The summed E-state index contributed by atoms with van der Waals surface area (Å²) in [6.45, 7) is 0.476. The third-order valence-electron chi connectivity index (χ3n) is 5.85. The molecule has 35 heavy (non-hydrogen) atoms. The van der Waals surface area contributed by atoms with E-state index in [0.29, 0.717) is 6.04 Å². The van der Waals surface area contributed by atoms with Crippen molar-refractivity contribution in [3.05, 3.63) is 54.4 Å². The molecule has 0 amide bonds. The number of likely N-dealkylation sites (N-methyl/N-ethyl adjacent to an activating group) is 1. The van der Waals surface area contributed by atoms with Gasteiger partial charge in [0, 0.05) is 41.8 Å². The van der Waals surface area contributed by atoms with Gasteiger partial charge in [-0.25, -0.2) is 0 Å². The summed E-state index contributed by atoms with van der Waals surface area (Å²) in [4.78, 5) is 31.0. The summed E-state index contributed by atoms with van der Waals surface area (Å²) >= 11 is 0. The first kappa shape index (κ1) is 27.1. The van der Waals surface area contributed by atoms with Crippen LogP contribution in [0.5, 0.6) is 0 Å². The summed E-state index contributed by atoms with van der Waals surface area (Å²) in [5.74, 6) is 0. The van der Waals surface area contributed by atoms with Crippen LogP contribution in [0.3, 0.4) is 0 Å². The second-order valence-electron chi connectivity index (χ2n) is 7.95. The smallest absolute Gasteiger partial charge is 0.290 e. The zero-order valence-electron chi connectivity index (χ0n) is 19.7. The van der Waals surface area contributed by atoms with Crippen molar-refractivity contribution in [3.8, 4) is 11.1 Å². The Bertz CT molecular complexity index is 1240. The summed E-state index contributed by atoms with van der Waals surface area (Å²) in [7, 11) is 4.22. The summed E-state index contributed by atoms with van der Waals surface area (Å²) in [5, 5.41) is 27.7. The van der Waals surface area contributed by atoms with Crippen LogP contribution in [0.1, 0.15) is 18.4 Å². The molecule has 1 saturated heterocycles. The van der Waals surface area contributed by atoms with Gasteiger partial charge in [-0.15, -0.1) is 0 Å². The van der Waals surface area contributed by atoms with E-state index in [-0.39, 0.29) is 19.4 Å². The van der Waals surface area contributed by atoms with Crippen LogP contribution < -0.4 is 0 Å². The van der Waals surface area contributed by atoms with Crippen molar-refractivity contribution < 1.29 is 29.7 Å². The highest BCUT2D eigenvalue weighted by molar-refractivity contribution is 5.90. The van der Waals surface area contributed by atoms with Gasteiger partial charge in [0.05, 0.1) is 5.52 Å². The fourth-order valence-corrected chi connectivity index (χ4v) is 4.35. The Hall–Kier alpha value is -4.18. The number of benzene rings is 2. The van der Waals surface area contributed by atoms with E-state index < -0.39 is 0 Å². The lowest BCUT2D eigenvalue weighted by molar-refractivity contribution is -0.123. The average molecular weight is 483 g/mol. The van der Waals surface area contributed by atoms with Crippen molar-refractivity contribution in [1.82, 2.24) is 19.7 Å². The molecule has 1 fully saturated rings. The zero-order valence-corrected chi connectivity index (χ0v) is 19.7. The minimum Gasteiger partial charge on any atom is -0.483 e. The van der Waals surface area contributed by atoms with Crippen LogP contribution in [-0.2, 0) is 27.9 Å². The number of hydrogen-bond donors (Lipinski definition) is 4. The molecule has 0 radical (unpaired) electrons. The fourth-order valence-electron chi connectivity index (χ4n) is 4.35. The number of fused-ring (bicyclic) bond motifs is 2. The van der Waals surface area contributed by atoms with Crippen LogP contribution in [0.4, 0.5) is 0 Å². The van der Waals surface area contributed by atoms with Crippen molar-refractivity contribution in [2.45, 2.75) is 25.3 Å². The highest BCUT2D eigenvalue weighted by Crippen LogP contribution is 2.30. The molecule has 5 rings (SSSR count). The van der Waals surface area contributed by atoms with Gasteiger partial charge in [0.25, 0.3) is 19.4 Å². The molecule has 1 aliphatic rings. The molecule has 2 aromatic carbocycles. The van der Waals surface area contributed by atoms with Crippen molar-refractivity contribution in [2.24, 2.45) is 7.05 Å². The number of rotatable bonds is 3. The molecule has 4 N–H and O–H groups in total. The normalized spacial score (nSPS) is 14.6. The van der Waals surface area contributed by atoms with Crippen molar-refractivity contribution in [3.63, 3.8) is 0 Å². The molecule has 2 aromatic heterocycles. The molecule has 1 atom stereocenters. The lowest BCUT2D eigenvalue weighted by Crippen LogP contribution is -2.26. The standard InChI is InChI=1S/C22H24N4.3CH2O2/c1-25-9-3-4-19(25)11-17-13-23-22-8-6-16(12-20(17)22)15-5-7-21-18(10-15)14-26(2)24-21;3*2-1-3/h5-8,10,12-14,19,23H,3-4,9,11H2,1-2H3;3*1H,(H,2,3). The number of nitrogens with zero attached hydrogens (tertiary/aromatic N) is 3. The molecular weight excluding hydrogens is 452 g/mol. The molecule has 3 heterocycles. The minimum absolute atomic E-state index is 0.250. The van der Waals surface area contributed by atoms with E-state index in [9.17, 15) is 0 Å². The van der Waals surface area contributed by atoms with Gasteiger partial charge in [-0.1, -0.05) is 12.1 Å². The van der Waals surface area contributed by atoms with E-state index in [2.05, 4.69) is 70.8 Å². The molecule has 10 nitrogen and oxygen atoms in total. The van der Waals surface area contributed by atoms with Crippen LogP contribution in [0.2, 0.25) is 0 Å². The number of hydrogen-bond acceptors (Lipinski definition) is 5. The molecule has 4 aromatic rings. The number of H-pyrrole nitrogens is 1. The van der Waals surface area contributed by atoms with E-state index >= 15 is 0 Å². The van der Waals surface area contributed by atoms with Gasteiger partial charge in [0.1, 0.15) is 0 Å². The highest BCUT2D eigenvalue weighted by atomic mass is 16.4. The first-order chi connectivity index (χ1) is 16.9. The lowest BCUT2D eigenvalue weighted by atomic mass is 9.99. The summed E-state index contributed by atoms with van der Waals surface area (Å²) in [5.41, 5.74) is 6.22. The van der Waals surface area contributed by atoms with Gasteiger partial charge in [-0.2, -0.15) is 5.10 Å². The number of carboxylic acid groups (broad SMARTS) is 3. The number of nitrogens with one attached hydrogen (secondary N) is 1. The number of carbonyl (C=O) groups is 3. The monoisotopic (exact) mass is 482 g/mol. The van der Waals surface area contributed by atoms with Crippen molar-refractivity contribution in [2.75, 3.05) is 13.6 Å². The Morgan fingerprint density at radius 2 is 1.63 bits per heavy atom. The van der Waals surface area contributed by atoms with Gasteiger partial charge >= 0.3 is 0 Å². The summed E-state index contributed by atoms with van der Waals surface area (Å²) < 4.78 is 1.88. The maximum absolute atomic E-state index is 8.36. The first-order valence-corrected chi connectivity index (χ1v) is 10.9. The Kier molecular flexibility index (Phi) is 10.4. The van der Waals surface area contributed by atoms with E-state index in [0.717, 1.165) is 11.9 Å². The highest BCUT2D eigenvalue weighted by Gasteiger charge is 2.22. The Morgan fingerprint density at radius 1 is 1.00 bits per heavy atom. The molecular formula is C25H30N4O6. The van der Waals surface area contributed by atoms with Gasteiger partial charge in [0.2, 0.25) is 0 Å². The van der Waals surface area contributed by atoms with Crippen LogP contribution in [0, 0.1) is 0 Å². The Balaban J connectivity index is 0.000000422. The number of aromatic amines is 1. The first-order valence-electron chi connectivity index (χ1n) is 10.9. The van der Waals surface area contributed by atoms with Crippen molar-refractivity contribution in [1.29, 1.82) is 0 Å². The molecule has 1 aliphatic heterocycles. The van der Waals surface area contributed by atoms with E-state index in [4.69, 9.17) is 29.7 Å². The molecule has 0 spiro atoms. The summed E-state index contributed by atoms with van der Waals surface area (Å²) in [6, 6.07) is 14.0. The quantitative estimate of drug-likeness (QED) is 0.324. The van der Waals surface area contributed by atoms with Gasteiger partial charge in [-0.05, 0) is 73.8 Å².